The number of carboxylic acids is 2. The summed E-state index contributed by atoms with van der Waals surface area (Å²) in [4.78, 5) is 64.1. The highest BCUT2D eigenvalue weighted by Gasteiger charge is 2.25. The number of amides is 3. The lowest BCUT2D eigenvalue weighted by Crippen LogP contribution is -2.54. The lowest BCUT2D eigenvalue weighted by molar-refractivity contribution is -0.141. The molecule has 1 aromatic heterocycles. The first-order chi connectivity index (χ1) is 13.6. The first-order valence-corrected chi connectivity index (χ1v) is 8.93. The van der Waals surface area contributed by atoms with Crippen molar-refractivity contribution in [2.24, 2.45) is 5.73 Å². The number of rotatable bonds is 12. The number of carbonyl (C=O) groups is 5. The van der Waals surface area contributed by atoms with Gasteiger partial charge in [-0.05, 0) is 0 Å². The Hall–Kier alpha value is -3.13. The van der Waals surface area contributed by atoms with Crippen LogP contribution in [-0.4, -0.2) is 80.3 Å². The number of aromatic amines is 1. The van der Waals surface area contributed by atoms with Crippen LogP contribution in [0, 0.1) is 0 Å². The zero-order valence-electron chi connectivity index (χ0n) is 15.1. The fourth-order valence-electron chi connectivity index (χ4n) is 2.11. The van der Waals surface area contributed by atoms with Crippen molar-refractivity contribution in [1.29, 1.82) is 0 Å². The minimum atomic E-state index is -1.36. The van der Waals surface area contributed by atoms with Gasteiger partial charge in [0.2, 0.25) is 17.7 Å². The summed E-state index contributed by atoms with van der Waals surface area (Å²) in [6.45, 7) is -0.549. The lowest BCUT2D eigenvalue weighted by atomic mass is 10.1. The maximum atomic E-state index is 12.1. The molecule has 0 aromatic carbocycles. The quantitative estimate of drug-likeness (QED) is 0.157. The summed E-state index contributed by atoms with van der Waals surface area (Å²) in [5.74, 6) is -5.09. The van der Waals surface area contributed by atoms with Gasteiger partial charge < -0.3 is 36.9 Å². The second-order valence-corrected chi connectivity index (χ2v) is 6.27. The number of aliphatic carboxylic acids is 2. The van der Waals surface area contributed by atoms with Gasteiger partial charge in [0, 0.05) is 24.1 Å². The number of hydrogen-bond acceptors (Lipinski definition) is 8. The number of nitrogens with one attached hydrogen (secondary N) is 4. The number of thiol groups is 1. The smallest absolute Gasteiger partial charge is 0.326 e. The molecule has 0 fully saturated rings. The number of imidazole rings is 1. The van der Waals surface area contributed by atoms with Crippen molar-refractivity contribution in [1.82, 2.24) is 25.9 Å². The van der Waals surface area contributed by atoms with Crippen molar-refractivity contribution < 1.29 is 34.2 Å². The molecule has 13 nitrogen and oxygen atoms in total. The van der Waals surface area contributed by atoms with Gasteiger partial charge in [-0.3, -0.25) is 19.2 Å². The van der Waals surface area contributed by atoms with Gasteiger partial charge in [0.05, 0.1) is 25.3 Å². The van der Waals surface area contributed by atoms with E-state index >= 15 is 0 Å². The summed E-state index contributed by atoms with van der Waals surface area (Å²) < 4.78 is 0. The molecule has 1 heterocycles. The molecule has 0 bridgehead atoms. The molecule has 3 atom stereocenters. The van der Waals surface area contributed by atoms with E-state index in [1.54, 1.807) is 0 Å². The Morgan fingerprint density at radius 3 is 2.34 bits per heavy atom. The minimum absolute atomic E-state index is 0.0359. The van der Waals surface area contributed by atoms with Crippen molar-refractivity contribution in [3.05, 3.63) is 18.2 Å². The molecule has 0 saturated carbocycles. The van der Waals surface area contributed by atoms with Crippen molar-refractivity contribution in [3.8, 4) is 0 Å². The summed E-state index contributed by atoms with van der Waals surface area (Å²) in [5, 5.41) is 24.5. The Morgan fingerprint density at radius 1 is 1.14 bits per heavy atom. The second kappa shape index (κ2) is 11.7. The van der Waals surface area contributed by atoms with E-state index < -0.39 is 60.8 Å². The van der Waals surface area contributed by atoms with Gasteiger partial charge in [-0.25, -0.2) is 9.78 Å². The number of H-pyrrole nitrogens is 1. The third kappa shape index (κ3) is 8.61. The van der Waals surface area contributed by atoms with Crippen LogP contribution in [-0.2, 0) is 30.4 Å². The molecule has 14 heteroatoms. The predicted molar refractivity (Wildman–Crippen MR) is 101 cm³/mol. The van der Waals surface area contributed by atoms with Gasteiger partial charge in [0.1, 0.15) is 12.1 Å². The van der Waals surface area contributed by atoms with E-state index in [1.165, 1.54) is 12.5 Å². The van der Waals surface area contributed by atoms with Crippen LogP contribution >= 0.6 is 12.6 Å². The minimum Gasteiger partial charge on any atom is -0.481 e. The van der Waals surface area contributed by atoms with Crippen molar-refractivity contribution in [3.63, 3.8) is 0 Å². The standard InChI is InChI=1S/C15H22N6O7S/c16-8(2-12(23)24)13(25)21-10(5-29)14(26)18-4-11(22)20-9(15(27)28)1-7-3-17-6-19-7/h3,6,8-10,29H,1-2,4-5,16H2,(H,17,19)(H,18,26)(H,20,22)(H,21,25)(H,23,24)(H,27,28). The summed E-state index contributed by atoms with van der Waals surface area (Å²) >= 11 is 3.92. The highest BCUT2D eigenvalue weighted by atomic mass is 32.1. The molecular formula is C15H22N6O7S. The van der Waals surface area contributed by atoms with Gasteiger partial charge in [-0.15, -0.1) is 0 Å². The average Bonchev–Trinajstić information content (AvgIpc) is 3.15. The molecule has 160 valence electrons. The lowest BCUT2D eigenvalue weighted by Gasteiger charge is -2.19. The summed E-state index contributed by atoms with van der Waals surface area (Å²) in [7, 11) is 0. The maximum absolute atomic E-state index is 12.1. The molecule has 0 saturated heterocycles. The molecule has 0 aliphatic heterocycles. The highest BCUT2D eigenvalue weighted by molar-refractivity contribution is 7.80. The van der Waals surface area contributed by atoms with E-state index in [-0.39, 0.29) is 12.2 Å². The van der Waals surface area contributed by atoms with Gasteiger partial charge in [-0.2, -0.15) is 12.6 Å². The van der Waals surface area contributed by atoms with Crippen LogP contribution < -0.4 is 21.7 Å². The molecule has 8 N–H and O–H groups in total. The normalized spacial score (nSPS) is 13.6. The molecule has 29 heavy (non-hydrogen) atoms. The summed E-state index contributed by atoms with van der Waals surface area (Å²) in [6, 6.07) is -3.77. The average molecular weight is 430 g/mol. The third-order valence-electron chi connectivity index (χ3n) is 3.58. The number of nitrogens with two attached hydrogens (primary N) is 1. The van der Waals surface area contributed by atoms with Crippen molar-refractivity contribution in [2.45, 2.75) is 31.0 Å². The summed E-state index contributed by atoms with van der Waals surface area (Å²) in [5.41, 5.74) is 5.90. The summed E-state index contributed by atoms with van der Waals surface area (Å²) in [6.07, 6.45) is 2.12. The maximum Gasteiger partial charge on any atom is 0.326 e. The fraction of sp³-hybridized carbons (Fsp3) is 0.467. The fourth-order valence-corrected chi connectivity index (χ4v) is 2.36. The third-order valence-corrected chi connectivity index (χ3v) is 3.95. The van der Waals surface area contributed by atoms with Gasteiger partial charge in [-0.1, -0.05) is 0 Å². The molecule has 0 aliphatic carbocycles. The number of carboxylic acid groups (broad SMARTS) is 2. The Balaban J connectivity index is 2.52. The molecule has 1 aromatic rings. The first-order valence-electron chi connectivity index (χ1n) is 8.29. The number of hydrogen-bond donors (Lipinski definition) is 8. The van der Waals surface area contributed by atoms with Crippen LogP contribution in [0.3, 0.4) is 0 Å². The van der Waals surface area contributed by atoms with Crippen LogP contribution in [0.1, 0.15) is 12.1 Å². The van der Waals surface area contributed by atoms with E-state index in [0.717, 1.165) is 0 Å². The van der Waals surface area contributed by atoms with Gasteiger partial charge in [0.25, 0.3) is 0 Å². The predicted octanol–water partition coefficient (Wildman–Crippen LogP) is -3.15. The molecule has 0 spiro atoms. The number of aromatic nitrogens is 2. The zero-order valence-corrected chi connectivity index (χ0v) is 16.0. The highest BCUT2D eigenvalue weighted by Crippen LogP contribution is 1.99. The van der Waals surface area contributed by atoms with Crippen LogP contribution in [0.5, 0.6) is 0 Å². The Bertz CT molecular complexity index is 742. The van der Waals surface area contributed by atoms with Crippen molar-refractivity contribution in [2.75, 3.05) is 12.3 Å². The molecule has 1 rings (SSSR count). The van der Waals surface area contributed by atoms with Gasteiger partial charge >= 0.3 is 11.9 Å². The monoisotopic (exact) mass is 430 g/mol. The molecular weight excluding hydrogens is 408 g/mol. The van der Waals surface area contributed by atoms with Crippen LogP contribution in [0.4, 0.5) is 0 Å². The van der Waals surface area contributed by atoms with Crippen molar-refractivity contribution >= 4 is 42.3 Å². The molecule has 3 unspecified atom stereocenters. The van der Waals surface area contributed by atoms with E-state index in [1.807, 2.05) is 0 Å². The Kier molecular flexibility index (Phi) is 9.61. The van der Waals surface area contributed by atoms with E-state index in [2.05, 4.69) is 38.5 Å². The second-order valence-electron chi connectivity index (χ2n) is 5.91. The van der Waals surface area contributed by atoms with E-state index in [4.69, 9.17) is 10.8 Å². The molecule has 0 radical (unpaired) electrons. The Labute approximate surface area is 170 Å². The Morgan fingerprint density at radius 2 is 1.83 bits per heavy atom. The largest absolute Gasteiger partial charge is 0.481 e. The van der Waals surface area contributed by atoms with E-state index in [0.29, 0.717) is 5.69 Å². The molecule has 0 aliphatic rings. The van der Waals surface area contributed by atoms with Gasteiger partial charge in [0.15, 0.2) is 0 Å². The SMILES string of the molecule is NC(CC(=O)O)C(=O)NC(CS)C(=O)NCC(=O)NC(Cc1cnc[nH]1)C(=O)O. The van der Waals surface area contributed by atoms with Crippen LogP contribution in [0.25, 0.3) is 0 Å². The van der Waals surface area contributed by atoms with Crippen LogP contribution in [0.15, 0.2) is 12.5 Å². The van der Waals surface area contributed by atoms with E-state index in [9.17, 15) is 29.1 Å². The zero-order chi connectivity index (χ0) is 22.0. The number of nitrogens with zero attached hydrogens (tertiary/aromatic N) is 1. The number of carbonyl (C=O) groups excluding carboxylic acids is 3. The topological polar surface area (TPSA) is 217 Å². The first kappa shape index (κ1) is 23.9. The molecule has 3 amide bonds. The van der Waals surface area contributed by atoms with Crippen LogP contribution in [0.2, 0.25) is 0 Å².